The van der Waals surface area contributed by atoms with Crippen molar-refractivity contribution < 1.29 is 41.7 Å². The summed E-state index contributed by atoms with van der Waals surface area (Å²) >= 11 is 5.57. The lowest BCUT2D eigenvalue weighted by Crippen LogP contribution is -2.44. The molecule has 13 heteroatoms. The Morgan fingerprint density at radius 2 is 1.58 bits per heavy atom. The molecule has 1 amide bonds. The summed E-state index contributed by atoms with van der Waals surface area (Å²) in [6, 6.07) is 11.6. The van der Waals surface area contributed by atoms with Gasteiger partial charge in [-0.25, -0.2) is 4.79 Å². The summed E-state index contributed by atoms with van der Waals surface area (Å²) < 4.78 is 61.7. The second kappa shape index (κ2) is 15.1. The van der Waals surface area contributed by atoms with Crippen LogP contribution in [0.3, 0.4) is 0 Å². The van der Waals surface area contributed by atoms with Gasteiger partial charge in [-0.15, -0.1) is 0 Å². The Balaban J connectivity index is 1.49. The van der Waals surface area contributed by atoms with E-state index < -0.39 is 34.7 Å². The van der Waals surface area contributed by atoms with Crippen molar-refractivity contribution in [2.75, 3.05) is 49.9 Å². The van der Waals surface area contributed by atoms with Crippen LogP contribution < -0.4 is 14.5 Å². The van der Waals surface area contributed by atoms with Crippen LogP contribution in [0.25, 0.3) is 0 Å². The molecule has 3 rings (SSSR count). The molecule has 0 unspecified atom stereocenters. The third-order valence-corrected chi connectivity index (χ3v) is 7.04. The number of nitrogens with zero attached hydrogens (tertiary/aromatic N) is 3. The summed E-state index contributed by atoms with van der Waals surface area (Å²) in [6.45, 7) is 5.32. The third-order valence-electron chi connectivity index (χ3n) is 6.68. The lowest BCUT2D eigenvalue weighted by molar-refractivity contribution is -0.146. The molecule has 232 valence electrons. The first kappa shape index (κ1) is 33.8. The van der Waals surface area contributed by atoms with Crippen molar-refractivity contribution in [3.63, 3.8) is 0 Å². The smallest absolute Gasteiger partial charge is 0.417 e. The predicted molar refractivity (Wildman–Crippen MR) is 157 cm³/mol. The molecule has 2 aromatic carbocycles. The van der Waals surface area contributed by atoms with Gasteiger partial charge in [-0.1, -0.05) is 0 Å². The lowest BCUT2D eigenvalue weighted by Gasteiger charge is -2.29. The summed E-state index contributed by atoms with van der Waals surface area (Å²) in [5.41, 5.74) is -2.33. The van der Waals surface area contributed by atoms with E-state index in [-0.39, 0.29) is 17.4 Å². The van der Waals surface area contributed by atoms with Gasteiger partial charge in [0.05, 0.1) is 36.6 Å². The highest BCUT2D eigenvalue weighted by Gasteiger charge is 2.50. The fourth-order valence-corrected chi connectivity index (χ4v) is 4.93. The van der Waals surface area contributed by atoms with Gasteiger partial charge in [-0.05, 0) is 94.2 Å². The molecule has 0 atom stereocenters. The van der Waals surface area contributed by atoms with Crippen LogP contribution in [-0.2, 0) is 30.0 Å². The van der Waals surface area contributed by atoms with Gasteiger partial charge in [0.2, 0.25) is 0 Å². The number of carbonyl (C=O) groups is 2. The molecule has 43 heavy (non-hydrogen) atoms. The first-order valence-electron chi connectivity index (χ1n) is 13.7. The number of unbranched alkanes of at least 4 members (excludes halogenated alkanes) is 2. The minimum atomic E-state index is -4.77. The fourth-order valence-electron chi connectivity index (χ4n) is 4.40. The highest BCUT2D eigenvalue weighted by Crippen LogP contribution is 2.39. The van der Waals surface area contributed by atoms with Gasteiger partial charge in [0.1, 0.15) is 17.9 Å². The summed E-state index contributed by atoms with van der Waals surface area (Å²) in [4.78, 5) is 27.0. The molecule has 9 nitrogen and oxygen atoms in total. The van der Waals surface area contributed by atoms with Crippen LogP contribution in [0.1, 0.15) is 50.7 Å². The Hall–Kier alpha value is -3.73. The van der Waals surface area contributed by atoms with E-state index >= 15 is 0 Å². The van der Waals surface area contributed by atoms with Crippen molar-refractivity contribution in [1.29, 1.82) is 5.26 Å². The number of esters is 1. The topological polar surface area (TPSA) is 101 Å². The number of benzene rings is 2. The Morgan fingerprint density at radius 3 is 2.23 bits per heavy atom. The number of halogens is 3. The van der Waals surface area contributed by atoms with Gasteiger partial charge in [0.15, 0.2) is 5.11 Å². The number of rotatable bonds is 15. The predicted octanol–water partition coefficient (Wildman–Crippen LogP) is 5.64. The molecule has 0 aliphatic carbocycles. The number of ether oxygens (including phenoxy) is 4. The summed E-state index contributed by atoms with van der Waals surface area (Å²) in [6.07, 6.45) is -1.47. The number of carbonyl (C=O) groups excluding carboxylic acids is 2. The minimum absolute atomic E-state index is 0.0254. The lowest BCUT2D eigenvalue weighted by atomic mass is 10.0. The molecular weight excluding hydrogens is 587 g/mol. The van der Waals surface area contributed by atoms with Gasteiger partial charge in [0.25, 0.3) is 5.91 Å². The van der Waals surface area contributed by atoms with Crippen LogP contribution in [0.4, 0.5) is 24.5 Å². The number of thiocarbonyl (C=S) groups is 1. The molecule has 1 aliphatic heterocycles. The molecule has 0 bridgehead atoms. The minimum Gasteiger partial charge on any atom is -0.494 e. The van der Waals surface area contributed by atoms with Crippen LogP contribution in [0, 0.1) is 11.3 Å². The van der Waals surface area contributed by atoms with E-state index in [1.165, 1.54) is 13.2 Å². The Kier molecular flexibility index (Phi) is 11.9. The van der Waals surface area contributed by atoms with Crippen molar-refractivity contribution in [2.24, 2.45) is 0 Å². The number of methoxy groups -OCH3 is 1. The fraction of sp³-hybridized carbons (Fsp3) is 0.467. The van der Waals surface area contributed by atoms with Crippen molar-refractivity contribution in [1.82, 2.24) is 0 Å². The van der Waals surface area contributed by atoms with Crippen molar-refractivity contribution in [3.05, 3.63) is 53.6 Å². The van der Waals surface area contributed by atoms with Crippen molar-refractivity contribution in [2.45, 2.75) is 51.2 Å². The molecule has 2 aromatic rings. The van der Waals surface area contributed by atoms with Crippen LogP contribution in [0.15, 0.2) is 42.5 Å². The first-order valence-corrected chi connectivity index (χ1v) is 14.1. The molecule has 0 spiro atoms. The zero-order valence-electron chi connectivity index (χ0n) is 24.2. The van der Waals surface area contributed by atoms with Gasteiger partial charge in [-0.2, -0.15) is 18.4 Å². The number of hydrogen-bond acceptors (Lipinski definition) is 8. The van der Waals surface area contributed by atoms with Crippen LogP contribution >= 0.6 is 12.2 Å². The van der Waals surface area contributed by atoms with Crippen LogP contribution in [-0.4, -0.2) is 62.7 Å². The molecule has 0 radical (unpaired) electrons. The number of hydrogen-bond donors (Lipinski definition) is 0. The van der Waals surface area contributed by atoms with E-state index in [1.807, 2.05) is 0 Å². The van der Waals surface area contributed by atoms with E-state index in [0.29, 0.717) is 44.3 Å². The normalized spacial score (nSPS) is 14.6. The van der Waals surface area contributed by atoms with Gasteiger partial charge in [0, 0.05) is 25.5 Å². The van der Waals surface area contributed by atoms with Crippen molar-refractivity contribution >= 4 is 40.6 Å². The number of amides is 1. The molecule has 0 N–H and O–H groups in total. The van der Waals surface area contributed by atoms with E-state index in [2.05, 4.69) is 4.74 Å². The average Bonchev–Trinajstić information content (AvgIpc) is 3.15. The third kappa shape index (κ3) is 8.65. The summed E-state index contributed by atoms with van der Waals surface area (Å²) in [5.74, 6) is -0.275. The van der Waals surface area contributed by atoms with E-state index in [9.17, 15) is 22.8 Å². The largest absolute Gasteiger partial charge is 0.494 e. The van der Waals surface area contributed by atoms with Crippen LogP contribution in [0.2, 0.25) is 0 Å². The molecule has 0 aromatic heterocycles. The van der Waals surface area contributed by atoms with E-state index in [0.717, 1.165) is 36.3 Å². The Labute approximate surface area is 254 Å². The molecule has 0 saturated carbocycles. The first-order chi connectivity index (χ1) is 20.4. The molecule has 1 aliphatic rings. The number of nitriles is 1. The van der Waals surface area contributed by atoms with Gasteiger partial charge < -0.3 is 23.8 Å². The highest BCUT2D eigenvalue weighted by molar-refractivity contribution is 7.81. The standard InChI is InChI=1S/C30H34F3N3O6S/c1-29(2)27(38)35(23-9-8-21(19-34)25(18-23)30(31,32)33)28(43)36(29)22-10-12-24(13-11-22)42-17-6-4-5-14-40-15-7-16-41-20-26(37)39-3/h8-13,18H,4-7,14-17,20H2,1-3H3. The quantitative estimate of drug-likeness (QED) is 0.142. The SMILES string of the molecule is COC(=O)COCCCOCCCCCOc1ccc(N2C(=S)N(c3ccc(C#N)c(C(F)(F)F)c3)C(=O)C2(C)C)cc1. The molecule has 1 fully saturated rings. The average molecular weight is 622 g/mol. The zero-order valence-corrected chi connectivity index (χ0v) is 25.1. The maximum atomic E-state index is 13.6. The van der Waals surface area contributed by atoms with E-state index in [1.54, 1.807) is 49.1 Å². The Bertz CT molecular complexity index is 1330. The maximum absolute atomic E-state index is 13.6. The summed E-state index contributed by atoms with van der Waals surface area (Å²) in [7, 11) is 1.31. The monoisotopic (exact) mass is 621 g/mol. The number of anilines is 2. The molecule has 1 heterocycles. The van der Waals surface area contributed by atoms with Crippen molar-refractivity contribution in [3.8, 4) is 11.8 Å². The molecule has 1 saturated heterocycles. The molecular formula is C30H34F3N3O6S. The van der Waals surface area contributed by atoms with E-state index in [4.69, 9.17) is 31.7 Å². The highest BCUT2D eigenvalue weighted by atomic mass is 32.1. The maximum Gasteiger partial charge on any atom is 0.417 e. The zero-order chi connectivity index (χ0) is 31.6. The number of alkyl halides is 3. The van der Waals surface area contributed by atoms with Gasteiger partial charge in [-0.3, -0.25) is 9.69 Å². The summed E-state index contributed by atoms with van der Waals surface area (Å²) in [5, 5.41) is 9.13. The van der Waals surface area contributed by atoms with Gasteiger partial charge >= 0.3 is 12.1 Å². The van der Waals surface area contributed by atoms with Crippen LogP contribution in [0.5, 0.6) is 5.75 Å². The second-order valence-electron chi connectivity index (χ2n) is 10.2. The second-order valence-corrected chi connectivity index (χ2v) is 10.5. The Morgan fingerprint density at radius 1 is 0.953 bits per heavy atom.